The van der Waals surface area contributed by atoms with E-state index in [1.807, 2.05) is 30.3 Å². The Hall–Kier alpha value is -1.81. The Morgan fingerprint density at radius 1 is 1.15 bits per heavy atom. The molecule has 0 spiro atoms. The van der Waals surface area contributed by atoms with Gasteiger partial charge in [0.1, 0.15) is 5.75 Å². The summed E-state index contributed by atoms with van der Waals surface area (Å²) in [5, 5.41) is 9.36. The first-order chi connectivity index (χ1) is 9.58. The zero-order valence-corrected chi connectivity index (χ0v) is 12.7. The third kappa shape index (κ3) is 3.61. The third-order valence-electron chi connectivity index (χ3n) is 2.95. The molecule has 0 radical (unpaired) electrons. The number of aromatic hydroxyl groups is 1. The van der Waals surface area contributed by atoms with Gasteiger partial charge in [0.2, 0.25) is 5.91 Å². The molecule has 1 amide bonds. The summed E-state index contributed by atoms with van der Waals surface area (Å²) in [6.45, 7) is 2.31. The van der Waals surface area contributed by atoms with Crippen LogP contribution in [0, 0.1) is 0 Å². The highest BCUT2D eigenvalue weighted by atomic mass is 79.9. The highest BCUT2D eigenvalue weighted by Crippen LogP contribution is 2.22. The van der Waals surface area contributed by atoms with E-state index in [1.54, 1.807) is 36.1 Å². The standard InChI is InChI=1S/C16H16BrNO2/c1-12(17)16(20)18(11-13-5-3-2-4-6-13)14-7-9-15(19)10-8-14/h2-10,12,19H,11H2,1H3. The van der Waals surface area contributed by atoms with Crippen LogP contribution in [0.5, 0.6) is 5.75 Å². The Kier molecular flexibility index (Phi) is 4.79. The normalized spacial score (nSPS) is 11.9. The van der Waals surface area contributed by atoms with Crippen molar-refractivity contribution in [2.75, 3.05) is 4.90 Å². The van der Waals surface area contributed by atoms with Crippen molar-refractivity contribution in [2.24, 2.45) is 0 Å². The summed E-state index contributed by atoms with van der Waals surface area (Å²) in [6, 6.07) is 16.5. The van der Waals surface area contributed by atoms with Crippen LogP contribution in [0.1, 0.15) is 12.5 Å². The van der Waals surface area contributed by atoms with Crippen molar-refractivity contribution >= 4 is 27.5 Å². The molecule has 1 unspecified atom stereocenters. The van der Waals surface area contributed by atoms with Crippen molar-refractivity contribution in [3.63, 3.8) is 0 Å². The lowest BCUT2D eigenvalue weighted by Gasteiger charge is -2.24. The molecule has 0 fully saturated rings. The fourth-order valence-corrected chi connectivity index (χ4v) is 2.16. The zero-order chi connectivity index (χ0) is 14.5. The second-order valence-corrected chi connectivity index (χ2v) is 5.92. The summed E-state index contributed by atoms with van der Waals surface area (Å²) in [5.74, 6) is 0.173. The molecular formula is C16H16BrNO2. The first kappa shape index (κ1) is 14.6. The summed E-state index contributed by atoms with van der Waals surface area (Å²) in [7, 11) is 0. The molecule has 0 saturated heterocycles. The molecule has 0 saturated carbocycles. The number of carbonyl (C=O) groups excluding carboxylic acids is 1. The summed E-state index contributed by atoms with van der Waals surface area (Å²) >= 11 is 3.32. The molecule has 0 aliphatic heterocycles. The molecule has 0 bridgehead atoms. The first-order valence-electron chi connectivity index (χ1n) is 6.36. The molecule has 0 aliphatic carbocycles. The monoisotopic (exact) mass is 333 g/mol. The minimum atomic E-state index is -0.264. The number of phenols is 1. The Morgan fingerprint density at radius 3 is 2.30 bits per heavy atom. The molecule has 0 aromatic heterocycles. The highest BCUT2D eigenvalue weighted by molar-refractivity contribution is 9.10. The van der Waals surface area contributed by atoms with Crippen molar-refractivity contribution < 1.29 is 9.90 Å². The lowest BCUT2D eigenvalue weighted by atomic mass is 10.2. The molecule has 20 heavy (non-hydrogen) atoms. The number of carbonyl (C=O) groups is 1. The van der Waals surface area contributed by atoms with Crippen LogP contribution in [0.25, 0.3) is 0 Å². The van der Waals surface area contributed by atoms with Crippen LogP contribution in [0.3, 0.4) is 0 Å². The van der Waals surface area contributed by atoms with Gasteiger partial charge in [-0.25, -0.2) is 0 Å². The van der Waals surface area contributed by atoms with Gasteiger partial charge in [-0.05, 0) is 36.8 Å². The van der Waals surface area contributed by atoms with E-state index in [0.717, 1.165) is 11.3 Å². The van der Waals surface area contributed by atoms with Crippen molar-refractivity contribution in [3.05, 3.63) is 60.2 Å². The first-order valence-corrected chi connectivity index (χ1v) is 7.28. The van der Waals surface area contributed by atoms with Gasteiger partial charge in [0, 0.05) is 5.69 Å². The number of halogens is 1. The summed E-state index contributed by atoms with van der Waals surface area (Å²) < 4.78 is 0. The average molecular weight is 334 g/mol. The second kappa shape index (κ2) is 6.57. The lowest BCUT2D eigenvalue weighted by Crippen LogP contribution is -2.35. The molecule has 1 N–H and O–H groups in total. The Bertz CT molecular complexity index is 567. The maximum Gasteiger partial charge on any atom is 0.240 e. The number of nitrogens with zero attached hydrogens (tertiary/aromatic N) is 1. The van der Waals surface area contributed by atoms with E-state index in [4.69, 9.17) is 0 Å². The minimum Gasteiger partial charge on any atom is -0.508 e. The lowest BCUT2D eigenvalue weighted by molar-refractivity contribution is -0.117. The number of alkyl halides is 1. The summed E-state index contributed by atoms with van der Waals surface area (Å²) in [6.07, 6.45) is 0. The van der Waals surface area contributed by atoms with Gasteiger partial charge in [0.05, 0.1) is 11.4 Å². The van der Waals surface area contributed by atoms with E-state index in [-0.39, 0.29) is 16.5 Å². The van der Waals surface area contributed by atoms with E-state index in [0.29, 0.717) is 6.54 Å². The van der Waals surface area contributed by atoms with Gasteiger partial charge in [0.15, 0.2) is 0 Å². The van der Waals surface area contributed by atoms with Crippen LogP contribution < -0.4 is 4.90 Å². The zero-order valence-electron chi connectivity index (χ0n) is 11.2. The summed E-state index contributed by atoms with van der Waals surface area (Å²) in [4.78, 5) is 13.8. The highest BCUT2D eigenvalue weighted by Gasteiger charge is 2.20. The van der Waals surface area contributed by atoms with Crippen LogP contribution in [0.2, 0.25) is 0 Å². The predicted molar refractivity (Wildman–Crippen MR) is 84.1 cm³/mol. The largest absolute Gasteiger partial charge is 0.508 e. The molecule has 2 aromatic carbocycles. The van der Waals surface area contributed by atoms with Gasteiger partial charge >= 0.3 is 0 Å². The topological polar surface area (TPSA) is 40.5 Å². The molecule has 4 heteroatoms. The molecule has 1 atom stereocenters. The quantitative estimate of drug-likeness (QED) is 0.866. The van der Waals surface area contributed by atoms with E-state index < -0.39 is 0 Å². The number of rotatable bonds is 4. The smallest absolute Gasteiger partial charge is 0.240 e. The fraction of sp³-hybridized carbons (Fsp3) is 0.188. The van der Waals surface area contributed by atoms with Gasteiger partial charge in [-0.3, -0.25) is 4.79 Å². The molecule has 2 rings (SSSR count). The Balaban J connectivity index is 2.30. The molecule has 2 aromatic rings. The average Bonchev–Trinajstić information content (AvgIpc) is 2.46. The van der Waals surface area contributed by atoms with Gasteiger partial charge in [-0.1, -0.05) is 46.3 Å². The van der Waals surface area contributed by atoms with E-state index >= 15 is 0 Å². The van der Waals surface area contributed by atoms with Gasteiger partial charge < -0.3 is 10.0 Å². The number of phenolic OH excluding ortho intramolecular Hbond substituents is 1. The molecule has 0 heterocycles. The fourth-order valence-electron chi connectivity index (χ4n) is 1.91. The van der Waals surface area contributed by atoms with Crippen LogP contribution in [-0.2, 0) is 11.3 Å². The van der Waals surface area contributed by atoms with Crippen LogP contribution in [0.15, 0.2) is 54.6 Å². The number of benzene rings is 2. The third-order valence-corrected chi connectivity index (χ3v) is 3.34. The number of hydrogen-bond donors (Lipinski definition) is 1. The van der Waals surface area contributed by atoms with E-state index in [1.165, 1.54) is 0 Å². The molecule has 3 nitrogen and oxygen atoms in total. The minimum absolute atomic E-state index is 0.0143. The van der Waals surface area contributed by atoms with E-state index in [9.17, 15) is 9.90 Å². The van der Waals surface area contributed by atoms with Crippen molar-refractivity contribution in [3.8, 4) is 5.75 Å². The van der Waals surface area contributed by atoms with Crippen LogP contribution >= 0.6 is 15.9 Å². The Labute approximate surface area is 127 Å². The van der Waals surface area contributed by atoms with Crippen molar-refractivity contribution in [2.45, 2.75) is 18.3 Å². The van der Waals surface area contributed by atoms with Crippen molar-refractivity contribution in [1.82, 2.24) is 0 Å². The summed E-state index contributed by atoms with van der Waals surface area (Å²) in [5.41, 5.74) is 1.82. The molecule has 104 valence electrons. The van der Waals surface area contributed by atoms with Crippen LogP contribution in [-0.4, -0.2) is 15.8 Å². The molecular weight excluding hydrogens is 318 g/mol. The maximum absolute atomic E-state index is 12.3. The maximum atomic E-state index is 12.3. The SMILES string of the molecule is CC(Br)C(=O)N(Cc1ccccc1)c1ccc(O)cc1. The number of hydrogen-bond acceptors (Lipinski definition) is 2. The Morgan fingerprint density at radius 2 is 1.75 bits per heavy atom. The van der Waals surface area contributed by atoms with Gasteiger partial charge in [-0.15, -0.1) is 0 Å². The van der Waals surface area contributed by atoms with Crippen LogP contribution in [0.4, 0.5) is 5.69 Å². The predicted octanol–water partition coefficient (Wildman–Crippen LogP) is 3.71. The molecule has 0 aliphatic rings. The number of amides is 1. The number of anilines is 1. The second-order valence-electron chi connectivity index (χ2n) is 4.54. The van der Waals surface area contributed by atoms with Crippen molar-refractivity contribution in [1.29, 1.82) is 0 Å². The van der Waals surface area contributed by atoms with Gasteiger partial charge in [-0.2, -0.15) is 0 Å². The van der Waals surface area contributed by atoms with E-state index in [2.05, 4.69) is 15.9 Å². The van der Waals surface area contributed by atoms with Gasteiger partial charge in [0.25, 0.3) is 0 Å².